The quantitative estimate of drug-likeness (QED) is 0.803. The molecule has 0 bridgehead atoms. The second-order valence-electron chi connectivity index (χ2n) is 6.25. The highest BCUT2D eigenvalue weighted by molar-refractivity contribution is 7.99. The average molecular weight is 285 g/mol. The molecule has 112 valence electrons. The van der Waals surface area contributed by atoms with Gasteiger partial charge in [0.25, 0.3) is 0 Å². The van der Waals surface area contributed by atoms with E-state index in [-0.39, 0.29) is 0 Å². The van der Waals surface area contributed by atoms with Crippen LogP contribution < -0.4 is 5.32 Å². The largest absolute Gasteiger partial charge is 0.314 e. The van der Waals surface area contributed by atoms with Gasteiger partial charge in [0.15, 0.2) is 0 Å². The Labute approximate surface area is 124 Å². The Morgan fingerprint density at radius 2 is 2.05 bits per heavy atom. The monoisotopic (exact) mass is 284 g/mol. The van der Waals surface area contributed by atoms with E-state index in [0.29, 0.717) is 0 Å². The first kappa shape index (κ1) is 15.7. The van der Waals surface area contributed by atoms with Crippen LogP contribution in [-0.4, -0.2) is 47.1 Å². The van der Waals surface area contributed by atoms with E-state index in [4.69, 9.17) is 0 Å². The van der Waals surface area contributed by atoms with Gasteiger partial charge < -0.3 is 5.32 Å². The third kappa shape index (κ3) is 4.12. The maximum atomic E-state index is 3.72. The van der Waals surface area contributed by atoms with Crippen molar-refractivity contribution in [3.05, 3.63) is 0 Å². The highest BCUT2D eigenvalue weighted by Crippen LogP contribution is 2.36. The minimum Gasteiger partial charge on any atom is -0.314 e. The van der Waals surface area contributed by atoms with Gasteiger partial charge in [-0.15, -0.1) is 0 Å². The molecule has 0 radical (unpaired) electrons. The zero-order valence-electron chi connectivity index (χ0n) is 13.0. The molecule has 0 aromatic rings. The van der Waals surface area contributed by atoms with Crippen LogP contribution in [0.25, 0.3) is 0 Å². The second-order valence-corrected chi connectivity index (χ2v) is 7.77. The van der Waals surface area contributed by atoms with Gasteiger partial charge >= 0.3 is 0 Å². The Kier molecular flexibility index (Phi) is 6.51. The highest BCUT2D eigenvalue weighted by atomic mass is 32.2. The first-order valence-corrected chi connectivity index (χ1v) is 9.41. The summed E-state index contributed by atoms with van der Waals surface area (Å²) >= 11 is 2.20. The van der Waals surface area contributed by atoms with E-state index in [2.05, 4.69) is 42.7 Å². The lowest BCUT2D eigenvalue weighted by Gasteiger charge is -2.43. The first-order valence-electron chi connectivity index (χ1n) is 8.37. The molecule has 1 saturated heterocycles. The third-order valence-corrected chi connectivity index (χ3v) is 6.15. The van der Waals surface area contributed by atoms with Gasteiger partial charge in [-0.3, -0.25) is 4.90 Å². The summed E-state index contributed by atoms with van der Waals surface area (Å²) in [6, 6.07) is 2.41. The Hall–Kier alpha value is 0.270. The summed E-state index contributed by atoms with van der Waals surface area (Å²) in [7, 11) is 0. The van der Waals surface area contributed by atoms with Crippen molar-refractivity contribution >= 4 is 11.8 Å². The van der Waals surface area contributed by atoms with Crippen molar-refractivity contribution in [2.45, 2.75) is 82.7 Å². The van der Waals surface area contributed by atoms with E-state index < -0.39 is 0 Å². The molecule has 19 heavy (non-hydrogen) atoms. The average Bonchev–Trinajstić information content (AvgIpc) is 2.85. The number of hydrogen-bond acceptors (Lipinski definition) is 3. The Morgan fingerprint density at radius 3 is 2.74 bits per heavy atom. The fraction of sp³-hybridized carbons (Fsp3) is 1.00. The van der Waals surface area contributed by atoms with Gasteiger partial charge in [-0.2, -0.15) is 11.8 Å². The number of nitrogens with one attached hydrogen (secondary N) is 1. The van der Waals surface area contributed by atoms with E-state index in [1.54, 1.807) is 0 Å². The molecular formula is C16H32N2S. The van der Waals surface area contributed by atoms with Crippen LogP contribution in [0.2, 0.25) is 0 Å². The number of likely N-dealkylation sites (tertiary alicyclic amines) is 1. The summed E-state index contributed by atoms with van der Waals surface area (Å²) in [5, 5.41) is 4.63. The maximum absolute atomic E-state index is 3.72. The lowest BCUT2D eigenvalue weighted by Crippen LogP contribution is -2.53. The van der Waals surface area contributed by atoms with Crippen LogP contribution in [0.1, 0.15) is 59.3 Å². The molecule has 0 aromatic heterocycles. The molecule has 4 unspecified atom stereocenters. The molecular weight excluding hydrogens is 252 g/mol. The molecule has 3 heteroatoms. The van der Waals surface area contributed by atoms with Crippen LogP contribution in [-0.2, 0) is 0 Å². The molecule has 2 rings (SSSR count). The molecule has 0 spiro atoms. The highest BCUT2D eigenvalue weighted by Gasteiger charge is 2.36. The van der Waals surface area contributed by atoms with E-state index in [1.807, 2.05) is 0 Å². The zero-order valence-corrected chi connectivity index (χ0v) is 13.8. The van der Waals surface area contributed by atoms with Crippen LogP contribution in [0, 0.1) is 0 Å². The van der Waals surface area contributed by atoms with Crippen molar-refractivity contribution in [2.24, 2.45) is 0 Å². The summed E-state index contributed by atoms with van der Waals surface area (Å²) < 4.78 is 0. The van der Waals surface area contributed by atoms with E-state index in [1.165, 1.54) is 57.4 Å². The van der Waals surface area contributed by atoms with Crippen molar-refractivity contribution in [1.82, 2.24) is 10.2 Å². The van der Waals surface area contributed by atoms with E-state index in [9.17, 15) is 0 Å². The van der Waals surface area contributed by atoms with Crippen molar-refractivity contribution in [1.29, 1.82) is 0 Å². The molecule has 1 heterocycles. The van der Waals surface area contributed by atoms with Crippen molar-refractivity contribution in [3.63, 3.8) is 0 Å². The molecule has 1 N–H and O–H groups in total. The lowest BCUT2D eigenvalue weighted by atomic mass is 9.95. The summed E-state index contributed by atoms with van der Waals surface area (Å²) in [4.78, 5) is 2.84. The fourth-order valence-corrected chi connectivity index (χ4v) is 5.19. The van der Waals surface area contributed by atoms with Crippen molar-refractivity contribution in [3.8, 4) is 0 Å². The molecule has 2 nitrogen and oxygen atoms in total. The molecule has 4 atom stereocenters. The minimum atomic E-state index is 0.768. The van der Waals surface area contributed by atoms with Gasteiger partial charge in [0.1, 0.15) is 0 Å². The van der Waals surface area contributed by atoms with Crippen LogP contribution in [0.15, 0.2) is 0 Å². The molecule has 2 aliphatic rings. The predicted molar refractivity (Wildman–Crippen MR) is 87.0 cm³/mol. The van der Waals surface area contributed by atoms with Gasteiger partial charge in [-0.1, -0.05) is 20.3 Å². The summed E-state index contributed by atoms with van der Waals surface area (Å²) in [5.74, 6) is 1.28. The fourth-order valence-electron chi connectivity index (χ4n) is 3.91. The third-order valence-electron chi connectivity index (χ3n) is 4.83. The predicted octanol–water partition coefficient (Wildman–Crippen LogP) is 3.51. The van der Waals surface area contributed by atoms with Crippen molar-refractivity contribution in [2.75, 3.05) is 18.8 Å². The number of nitrogens with zero attached hydrogens (tertiary/aromatic N) is 1. The molecule has 1 saturated carbocycles. The molecule has 0 aromatic carbocycles. The molecule has 0 amide bonds. The molecule has 1 aliphatic carbocycles. The zero-order chi connectivity index (χ0) is 13.7. The Bertz CT molecular complexity index is 259. The number of rotatable bonds is 6. The SMILES string of the molecule is CCCNC1CCN(C2CCCC2SCC)C(C)C1. The van der Waals surface area contributed by atoms with Gasteiger partial charge in [-0.05, 0) is 51.3 Å². The van der Waals surface area contributed by atoms with Gasteiger partial charge in [-0.25, -0.2) is 0 Å². The second kappa shape index (κ2) is 7.90. The summed E-state index contributed by atoms with van der Waals surface area (Å²) in [6.45, 7) is 9.52. The smallest absolute Gasteiger partial charge is 0.0217 e. The Morgan fingerprint density at radius 1 is 1.21 bits per heavy atom. The van der Waals surface area contributed by atoms with Gasteiger partial charge in [0.05, 0.1) is 0 Å². The van der Waals surface area contributed by atoms with Crippen LogP contribution in [0.4, 0.5) is 0 Å². The summed E-state index contributed by atoms with van der Waals surface area (Å²) in [6.07, 6.45) is 8.29. The first-order chi connectivity index (χ1) is 9.26. The molecule has 1 aliphatic heterocycles. The van der Waals surface area contributed by atoms with Gasteiger partial charge in [0.2, 0.25) is 0 Å². The van der Waals surface area contributed by atoms with Crippen LogP contribution in [0.3, 0.4) is 0 Å². The van der Waals surface area contributed by atoms with E-state index in [0.717, 1.165) is 23.4 Å². The number of piperidine rings is 1. The van der Waals surface area contributed by atoms with Crippen LogP contribution in [0.5, 0.6) is 0 Å². The minimum absolute atomic E-state index is 0.768. The lowest BCUT2D eigenvalue weighted by molar-refractivity contribution is 0.0924. The Balaban J connectivity index is 1.85. The number of thioether (sulfide) groups is 1. The summed E-state index contributed by atoms with van der Waals surface area (Å²) in [5.41, 5.74) is 0. The van der Waals surface area contributed by atoms with Gasteiger partial charge in [0, 0.05) is 29.9 Å². The topological polar surface area (TPSA) is 15.3 Å². The standard InChI is InChI=1S/C16H32N2S/c1-4-10-17-14-9-11-18(13(3)12-14)15-7-6-8-16(15)19-5-2/h13-17H,4-12H2,1-3H3. The van der Waals surface area contributed by atoms with E-state index >= 15 is 0 Å². The normalized spacial score (nSPS) is 36.8. The maximum Gasteiger partial charge on any atom is 0.0217 e. The van der Waals surface area contributed by atoms with Crippen molar-refractivity contribution < 1.29 is 0 Å². The molecule has 2 fully saturated rings. The number of hydrogen-bond donors (Lipinski definition) is 1. The van der Waals surface area contributed by atoms with Crippen LogP contribution >= 0.6 is 11.8 Å².